The first kappa shape index (κ1) is 28.9. The molecular weight excluding hydrogens is 597 g/mol. The van der Waals surface area contributed by atoms with Gasteiger partial charge in [0, 0.05) is 26.6 Å². The average molecular weight is 626 g/mol. The summed E-state index contributed by atoms with van der Waals surface area (Å²) in [4.78, 5) is 35.5. The highest BCUT2D eigenvalue weighted by atomic mass is 35.5. The van der Waals surface area contributed by atoms with Crippen LogP contribution in [0.4, 0.5) is 10.1 Å². The first-order valence-corrected chi connectivity index (χ1v) is 15.5. The normalized spacial score (nSPS) is 14.3. The SMILES string of the molecule is Cc1nn(C)c(Cl)c1S(=O)(=O)N(C)c1ccc(C(Cc2ccccc2F)c2nc3c([nH]2)c(=O)[nH]c(=O)n3CC2CC2)cc1. The molecule has 1 fully saturated rings. The number of hydrogen-bond acceptors (Lipinski definition) is 6. The molecule has 0 amide bonds. The maximum atomic E-state index is 14.8. The molecule has 1 aliphatic carbocycles. The summed E-state index contributed by atoms with van der Waals surface area (Å²) >= 11 is 6.26. The molecule has 11 nitrogen and oxygen atoms in total. The number of imidazole rings is 1. The Balaban J connectivity index is 1.41. The number of aromatic amines is 2. The zero-order valence-electron chi connectivity index (χ0n) is 23.6. The Bertz CT molecular complexity index is 2080. The van der Waals surface area contributed by atoms with Crippen molar-refractivity contribution in [3.05, 3.63) is 103 Å². The van der Waals surface area contributed by atoms with Crippen molar-refractivity contribution in [3.63, 3.8) is 0 Å². The molecule has 1 saturated carbocycles. The third-order valence-corrected chi connectivity index (χ3v) is 10.4. The molecule has 5 aromatic rings. The van der Waals surface area contributed by atoms with Crippen molar-refractivity contribution in [3.8, 4) is 0 Å². The number of hydrogen-bond donors (Lipinski definition) is 2. The standard InChI is InChI=1S/C29H29ClFN7O4S/c1-16-24(25(30)36(2)35-16)43(41,42)37(3)20-12-10-18(11-13-20)21(14-19-6-4-5-7-22(19)31)26-32-23-27(33-26)38(15-17-8-9-17)29(40)34-28(23)39/h4-7,10-13,17,21H,8-9,14-15H2,1-3H3,(H,32,33)(H,34,39,40). The number of nitrogens with one attached hydrogen (secondary N) is 2. The van der Waals surface area contributed by atoms with E-state index >= 15 is 0 Å². The molecule has 6 rings (SSSR count). The minimum Gasteiger partial charge on any atom is -0.336 e. The van der Waals surface area contributed by atoms with Crippen molar-refractivity contribution in [2.24, 2.45) is 13.0 Å². The topological polar surface area (TPSA) is 139 Å². The van der Waals surface area contributed by atoms with Crippen LogP contribution < -0.4 is 15.6 Å². The summed E-state index contributed by atoms with van der Waals surface area (Å²) in [6.45, 7) is 2.02. The first-order chi connectivity index (χ1) is 20.5. The van der Waals surface area contributed by atoms with E-state index in [2.05, 4.69) is 15.1 Å². The fourth-order valence-corrected chi connectivity index (χ4v) is 7.20. The Morgan fingerprint density at radius 3 is 2.44 bits per heavy atom. The predicted molar refractivity (Wildman–Crippen MR) is 161 cm³/mol. The number of aromatic nitrogens is 6. The summed E-state index contributed by atoms with van der Waals surface area (Å²) in [5, 5.41) is 4.12. The molecule has 3 heterocycles. The smallest absolute Gasteiger partial charge is 0.330 e. The van der Waals surface area contributed by atoms with E-state index in [1.165, 1.54) is 22.4 Å². The van der Waals surface area contributed by atoms with Gasteiger partial charge < -0.3 is 4.98 Å². The molecular formula is C29H29ClFN7O4S. The molecule has 0 aliphatic heterocycles. The third kappa shape index (κ3) is 5.27. The fourth-order valence-electron chi connectivity index (χ4n) is 5.30. The molecule has 0 radical (unpaired) electrons. The van der Waals surface area contributed by atoms with Gasteiger partial charge in [-0.05, 0) is 61.4 Å². The molecule has 1 atom stereocenters. The number of anilines is 1. The van der Waals surface area contributed by atoms with Crippen LogP contribution in [-0.4, -0.2) is 44.8 Å². The number of fused-ring (bicyclic) bond motifs is 1. The summed E-state index contributed by atoms with van der Waals surface area (Å²) in [7, 11) is -1.04. The van der Waals surface area contributed by atoms with Gasteiger partial charge in [0.1, 0.15) is 27.2 Å². The van der Waals surface area contributed by atoms with Gasteiger partial charge in [-0.3, -0.25) is 23.3 Å². The molecule has 14 heteroatoms. The second kappa shape index (κ2) is 10.8. The molecule has 43 heavy (non-hydrogen) atoms. The largest absolute Gasteiger partial charge is 0.336 e. The molecule has 3 aromatic heterocycles. The van der Waals surface area contributed by atoms with Gasteiger partial charge in [-0.2, -0.15) is 5.10 Å². The number of sulfonamides is 1. The van der Waals surface area contributed by atoms with Gasteiger partial charge in [0.05, 0.1) is 11.4 Å². The lowest BCUT2D eigenvalue weighted by Crippen LogP contribution is -2.30. The van der Waals surface area contributed by atoms with Crippen molar-refractivity contribution >= 4 is 38.5 Å². The molecule has 1 aliphatic rings. The van der Waals surface area contributed by atoms with E-state index in [0.29, 0.717) is 35.1 Å². The van der Waals surface area contributed by atoms with Gasteiger partial charge in [-0.25, -0.2) is 22.6 Å². The zero-order valence-corrected chi connectivity index (χ0v) is 25.2. The van der Waals surface area contributed by atoms with Crippen LogP contribution >= 0.6 is 11.6 Å². The lowest BCUT2D eigenvalue weighted by atomic mass is 9.91. The van der Waals surface area contributed by atoms with Crippen molar-refractivity contribution in [2.45, 2.75) is 43.5 Å². The zero-order chi connectivity index (χ0) is 30.6. The molecule has 2 aromatic carbocycles. The van der Waals surface area contributed by atoms with Gasteiger partial charge in [-0.1, -0.05) is 41.9 Å². The highest BCUT2D eigenvalue weighted by molar-refractivity contribution is 7.93. The maximum Gasteiger partial charge on any atom is 0.330 e. The van der Waals surface area contributed by atoms with Gasteiger partial charge in [0.25, 0.3) is 15.6 Å². The van der Waals surface area contributed by atoms with Crippen molar-refractivity contribution in [1.82, 2.24) is 29.3 Å². The van der Waals surface area contributed by atoms with E-state index in [-0.39, 0.29) is 33.3 Å². The van der Waals surface area contributed by atoms with Gasteiger partial charge >= 0.3 is 5.69 Å². The van der Waals surface area contributed by atoms with Gasteiger partial charge in [-0.15, -0.1) is 0 Å². The Kier molecular flexibility index (Phi) is 7.25. The average Bonchev–Trinajstić information content (AvgIpc) is 3.61. The Morgan fingerprint density at radius 2 is 1.81 bits per heavy atom. The minimum atomic E-state index is -4.03. The predicted octanol–water partition coefficient (Wildman–Crippen LogP) is 3.86. The number of H-pyrrole nitrogens is 2. The Morgan fingerprint density at radius 1 is 1.12 bits per heavy atom. The molecule has 2 N–H and O–H groups in total. The number of nitrogens with zero attached hydrogens (tertiary/aromatic N) is 5. The molecule has 0 bridgehead atoms. The van der Waals surface area contributed by atoms with Crippen LogP contribution in [-0.2, 0) is 30.0 Å². The summed E-state index contributed by atoms with van der Waals surface area (Å²) in [5.41, 5.74) is 1.09. The summed E-state index contributed by atoms with van der Waals surface area (Å²) < 4.78 is 45.6. The highest BCUT2D eigenvalue weighted by Gasteiger charge is 2.30. The molecule has 0 saturated heterocycles. The highest BCUT2D eigenvalue weighted by Crippen LogP contribution is 2.34. The number of benzene rings is 2. The quantitative estimate of drug-likeness (QED) is 0.255. The van der Waals surface area contributed by atoms with Gasteiger partial charge in [0.15, 0.2) is 5.65 Å². The van der Waals surface area contributed by atoms with Gasteiger partial charge in [0.2, 0.25) is 0 Å². The number of aryl methyl sites for hydroxylation is 2. The van der Waals surface area contributed by atoms with Crippen molar-refractivity contribution in [2.75, 3.05) is 11.4 Å². The van der Waals surface area contributed by atoms with Crippen LogP contribution in [0.3, 0.4) is 0 Å². The van der Waals surface area contributed by atoms with E-state index in [1.54, 1.807) is 56.4 Å². The second-order valence-electron chi connectivity index (χ2n) is 10.9. The van der Waals surface area contributed by atoms with E-state index < -0.39 is 33.0 Å². The molecule has 0 spiro atoms. The first-order valence-electron chi connectivity index (χ1n) is 13.7. The third-order valence-electron chi connectivity index (χ3n) is 7.88. The maximum absolute atomic E-state index is 14.8. The Hall–Kier alpha value is -4.23. The summed E-state index contributed by atoms with van der Waals surface area (Å²) in [6, 6.07) is 13.1. The van der Waals surface area contributed by atoms with Crippen LogP contribution in [0.25, 0.3) is 11.2 Å². The fraction of sp³-hybridized carbons (Fsp3) is 0.310. The lowest BCUT2D eigenvalue weighted by Gasteiger charge is -2.21. The van der Waals surface area contributed by atoms with Crippen LogP contribution in [0.15, 0.2) is 63.0 Å². The minimum absolute atomic E-state index is 0.00551. The number of rotatable bonds is 9. The summed E-state index contributed by atoms with van der Waals surface area (Å²) in [6.07, 6.45) is 2.20. The molecule has 224 valence electrons. The van der Waals surface area contributed by atoms with Crippen LogP contribution in [0.5, 0.6) is 0 Å². The monoisotopic (exact) mass is 625 g/mol. The van der Waals surface area contributed by atoms with E-state index in [0.717, 1.165) is 17.1 Å². The van der Waals surface area contributed by atoms with Crippen molar-refractivity contribution in [1.29, 1.82) is 0 Å². The second-order valence-corrected chi connectivity index (χ2v) is 13.1. The number of halogens is 2. The van der Waals surface area contributed by atoms with E-state index in [9.17, 15) is 22.4 Å². The van der Waals surface area contributed by atoms with Crippen molar-refractivity contribution < 1.29 is 12.8 Å². The van der Waals surface area contributed by atoms with Crippen LogP contribution in [0.1, 0.15) is 41.4 Å². The molecule has 1 unspecified atom stereocenters. The van der Waals surface area contributed by atoms with Crippen LogP contribution in [0.2, 0.25) is 5.15 Å². The Labute approximate surface area is 251 Å². The summed E-state index contributed by atoms with van der Waals surface area (Å²) in [5.74, 6) is -0.213. The van der Waals surface area contributed by atoms with Crippen LogP contribution in [0, 0.1) is 18.7 Å². The lowest BCUT2D eigenvalue weighted by molar-refractivity contribution is 0.593. The van der Waals surface area contributed by atoms with E-state index in [1.807, 2.05) is 0 Å². The van der Waals surface area contributed by atoms with E-state index in [4.69, 9.17) is 16.6 Å².